The van der Waals surface area contributed by atoms with Gasteiger partial charge in [-0.1, -0.05) is 49.4 Å². The van der Waals surface area contributed by atoms with E-state index in [1.165, 1.54) is 10.8 Å². The van der Waals surface area contributed by atoms with Crippen LogP contribution in [0.25, 0.3) is 10.8 Å². The highest BCUT2D eigenvalue weighted by atomic mass is 16.5. The van der Waals surface area contributed by atoms with Gasteiger partial charge in [0.15, 0.2) is 5.75 Å². The average molecular weight is 342 g/mol. The van der Waals surface area contributed by atoms with Crippen molar-refractivity contribution in [2.24, 2.45) is 4.99 Å². The molecule has 0 amide bonds. The zero-order chi connectivity index (χ0) is 17.9. The molecule has 3 aromatic carbocycles. The van der Waals surface area contributed by atoms with E-state index in [2.05, 4.69) is 61.2 Å². The molecule has 0 aromatic heterocycles. The van der Waals surface area contributed by atoms with E-state index in [0.29, 0.717) is 0 Å². The summed E-state index contributed by atoms with van der Waals surface area (Å²) >= 11 is 0. The van der Waals surface area contributed by atoms with Crippen molar-refractivity contribution in [3.63, 3.8) is 0 Å². The van der Waals surface area contributed by atoms with E-state index in [4.69, 9.17) is 9.73 Å². The second kappa shape index (κ2) is 7.04. The number of anilines is 1. The van der Waals surface area contributed by atoms with Crippen molar-refractivity contribution in [3.05, 3.63) is 78.7 Å². The highest BCUT2D eigenvalue weighted by Gasteiger charge is 2.25. The fourth-order valence-electron chi connectivity index (χ4n) is 3.24. The van der Waals surface area contributed by atoms with Gasteiger partial charge in [-0.05, 0) is 48.4 Å². The molecule has 3 nitrogen and oxygen atoms in total. The summed E-state index contributed by atoms with van der Waals surface area (Å²) in [5, 5.41) is 2.42. The van der Waals surface area contributed by atoms with Crippen molar-refractivity contribution in [2.45, 2.75) is 20.3 Å². The molecule has 1 heterocycles. The van der Waals surface area contributed by atoms with Gasteiger partial charge in [-0.15, -0.1) is 0 Å². The van der Waals surface area contributed by atoms with Crippen LogP contribution >= 0.6 is 0 Å². The van der Waals surface area contributed by atoms with Crippen LogP contribution in [0.3, 0.4) is 0 Å². The number of benzene rings is 3. The first-order valence-corrected chi connectivity index (χ1v) is 9.11. The first kappa shape index (κ1) is 16.4. The van der Waals surface area contributed by atoms with Gasteiger partial charge in [0.25, 0.3) is 0 Å². The van der Waals surface area contributed by atoms with Crippen molar-refractivity contribution >= 4 is 27.9 Å². The molecule has 3 aromatic rings. The van der Waals surface area contributed by atoms with Gasteiger partial charge in [0.05, 0.1) is 11.4 Å². The predicted molar refractivity (Wildman–Crippen MR) is 110 cm³/mol. The van der Waals surface area contributed by atoms with E-state index in [-0.39, 0.29) is 0 Å². The minimum Gasteiger partial charge on any atom is -0.439 e. The van der Waals surface area contributed by atoms with Crippen LogP contribution in [0.4, 0.5) is 11.4 Å². The molecule has 0 saturated heterocycles. The van der Waals surface area contributed by atoms with Gasteiger partial charge in [-0.3, -0.25) is 4.99 Å². The Bertz CT molecular complexity index is 990. The summed E-state index contributed by atoms with van der Waals surface area (Å²) in [6.45, 7) is 5.10. The highest BCUT2D eigenvalue weighted by molar-refractivity contribution is 5.98. The van der Waals surface area contributed by atoms with Crippen molar-refractivity contribution in [1.82, 2.24) is 0 Å². The monoisotopic (exact) mass is 342 g/mol. The quantitative estimate of drug-likeness (QED) is 0.537. The third-order valence-corrected chi connectivity index (χ3v) is 4.60. The van der Waals surface area contributed by atoms with E-state index in [1.807, 2.05) is 30.3 Å². The molecule has 3 heteroatoms. The molecule has 0 fully saturated rings. The molecule has 0 bridgehead atoms. The largest absolute Gasteiger partial charge is 0.439 e. The van der Waals surface area contributed by atoms with Crippen LogP contribution in [-0.4, -0.2) is 12.3 Å². The molecule has 130 valence electrons. The molecule has 0 radical (unpaired) electrons. The Morgan fingerprint density at radius 1 is 0.962 bits per heavy atom. The number of allylic oxidation sites excluding steroid dienone is 1. The van der Waals surface area contributed by atoms with Crippen LogP contribution in [0.15, 0.2) is 83.7 Å². The van der Waals surface area contributed by atoms with Gasteiger partial charge in [-0.25, -0.2) is 0 Å². The van der Waals surface area contributed by atoms with Gasteiger partial charge in [0, 0.05) is 18.3 Å². The minimum atomic E-state index is 0.842. The molecule has 0 aliphatic carbocycles. The lowest BCUT2D eigenvalue weighted by molar-refractivity contribution is 0.441. The Morgan fingerprint density at radius 2 is 1.65 bits per heavy atom. The Labute approximate surface area is 154 Å². The number of ether oxygens (including phenoxy) is 1. The zero-order valence-electron chi connectivity index (χ0n) is 15.1. The van der Waals surface area contributed by atoms with Gasteiger partial charge in [-0.2, -0.15) is 0 Å². The molecule has 1 aliphatic heterocycles. The third kappa shape index (κ3) is 3.08. The van der Waals surface area contributed by atoms with Crippen molar-refractivity contribution in [2.75, 3.05) is 11.4 Å². The van der Waals surface area contributed by atoms with Crippen LogP contribution in [0.2, 0.25) is 0 Å². The second-order valence-corrected chi connectivity index (χ2v) is 6.29. The maximum absolute atomic E-state index is 6.19. The number of aliphatic imine (C=N–C) groups is 1. The van der Waals surface area contributed by atoms with Crippen molar-refractivity contribution < 1.29 is 4.74 Å². The molecule has 0 atom stereocenters. The second-order valence-electron chi connectivity index (χ2n) is 6.29. The summed E-state index contributed by atoms with van der Waals surface area (Å²) in [6, 6.07) is 22.7. The fourth-order valence-corrected chi connectivity index (χ4v) is 3.24. The molecular weight excluding hydrogens is 320 g/mol. The van der Waals surface area contributed by atoms with Crippen molar-refractivity contribution in [1.29, 1.82) is 0 Å². The number of fused-ring (bicyclic) bond motifs is 2. The van der Waals surface area contributed by atoms with Crippen molar-refractivity contribution in [3.8, 4) is 5.75 Å². The average Bonchev–Trinajstić information content (AvgIpc) is 3.02. The normalized spacial score (nSPS) is 15.4. The first-order valence-electron chi connectivity index (χ1n) is 9.11. The maximum atomic E-state index is 6.19. The number of hydrogen-bond acceptors (Lipinski definition) is 3. The van der Waals surface area contributed by atoms with E-state index in [1.54, 1.807) is 0 Å². The summed E-state index contributed by atoms with van der Waals surface area (Å²) in [5.74, 6) is 1.75. The van der Waals surface area contributed by atoms with E-state index in [9.17, 15) is 0 Å². The number of nitrogens with zero attached hydrogens (tertiary/aromatic N) is 2. The smallest absolute Gasteiger partial charge is 0.202 e. The summed E-state index contributed by atoms with van der Waals surface area (Å²) in [6.07, 6.45) is 2.90. The molecule has 0 N–H and O–H groups in total. The standard InChI is InChI=1S/C23H22N2O/c1-3-19(24-20-12-6-5-7-13-20)16-23-25(4-2)21-14-17-10-8-9-11-18(17)15-22(21)26-23/h5-16H,3-4H2,1-2H3. The van der Waals surface area contributed by atoms with E-state index < -0.39 is 0 Å². The molecule has 26 heavy (non-hydrogen) atoms. The number of para-hydroxylation sites is 1. The van der Waals surface area contributed by atoms with Gasteiger partial charge >= 0.3 is 0 Å². The number of hydrogen-bond donors (Lipinski definition) is 0. The minimum absolute atomic E-state index is 0.842. The van der Waals surface area contributed by atoms with Gasteiger partial charge in [0.2, 0.25) is 5.88 Å². The highest BCUT2D eigenvalue weighted by Crippen LogP contribution is 2.41. The molecular formula is C23H22N2O. The Kier molecular flexibility index (Phi) is 4.44. The summed E-state index contributed by atoms with van der Waals surface area (Å²) in [7, 11) is 0. The third-order valence-electron chi connectivity index (χ3n) is 4.60. The molecule has 4 rings (SSSR count). The fraction of sp³-hybridized carbons (Fsp3) is 0.174. The molecule has 0 unspecified atom stereocenters. The SMILES string of the molecule is CCC(C=C1Oc2cc3ccccc3cc2N1CC)=Nc1ccccc1. The topological polar surface area (TPSA) is 24.8 Å². The van der Waals surface area contributed by atoms with Crippen LogP contribution in [0, 0.1) is 0 Å². The Morgan fingerprint density at radius 3 is 2.35 bits per heavy atom. The van der Waals surface area contributed by atoms with Gasteiger partial charge < -0.3 is 9.64 Å². The van der Waals surface area contributed by atoms with E-state index in [0.717, 1.165) is 41.7 Å². The lowest BCUT2D eigenvalue weighted by Crippen LogP contribution is -2.20. The predicted octanol–water partition coefficient (Wildman–Crippen LogP) is 6.08. The molecule has 0 saturated carbocycles. The van der Waals surface area contributed by atoms with E-state index >= 15 is 0 Å². The molecule has 0 spiro atoms. The first-order chi connectivity index (χ1) is 12.8. The Hall–Kier alpha value is -3.07. The van der Waals surface area contributed by atoms with Gasteiger partial charge in [0.1, 0.15) is 0 Å². The van der Waals surface area contributed by atoms with Crippen LogP contribution in [-0.2, 0) is 0 Å². The maximum Gasteiger partial charge on any atom is 0.202 e. The Balaban J connectivity index is 1.73. The lowest BCUT2D eigenvalue weighted by atomic mass is 10.1. The summed E-state index contributed by atoms with van der Waals surface area (Å²) in [5.41, 5.74) is 3.08. The van der Waals surface area contributed by atoms with Crippen LogP contribution < -0.4 is 9.64 Å². The lowest BCUT2D eigenvalue weighted by Gasteiger charge is -2.16. The molecule has 1 aliphatic rings. The summed E-state index contributed by atoms with van der Waals surface area (Å²) in [4.78, 5) is 6.97. The zero-order valence-corrected chi connectivity index (χ0v) is 15.1. The van der Waals surface area contributed by atoms with Crippen LogP contribution in [0.1, 0.15) is 20.3 Å². The number of rotatable bonds is 4. The summed E-state index contributed by atoms with van der Waals surface area (Å²) < 4.78 is 6.19. The van der Waals surface area contributed by atoms with Crippen LogP contribution in [0.5, 0.6) is 5.75 Å².